The fourth-order valence-electron chi connectivity index (χ4n) is 6.50. The third-order valence-corrected chi connectivity index (χ3v) is 11.6. The van der Waals surface area contributed by atoms with Crippen molar-refractivity contribution in [3.8, 4) is 23.0 Å². The summed E-state index contributed by atoms with van der Waals surface area (Å²) in [7, 11) is -9.76. The van der Waals surface area contributed by atoms with Gasteiger partial charge in [-0.2, -0.15) is 16.8 Å². The normalized spacial score (nSPS) is 11.9. The van der Waals surface area contributed by atoms with E-state index in [4.69, 9.17) is 0 Å². The Morgan fingerprint density at radius 1 is 0.521 bits per heavy atom. The number of non-ortho nitro benzene ring substituents is 2. The number of fused-ring (bicyclic) bond motifs is 2. The van der Waals surface area contributed by atoms with Crippen molar-refractivity contribution in [1.82, 2.24) is 0 Å². The number of azo groups is 3. The van der Waals surface area contributed by atoms with Crippen LogP contribution in [0.25, 0.3) is 21.5 Å². The molecule has 0 bridgehead atoms. The van der Waals surface area contributed by atoms with Crippen molar-refractivity contribution in [1.29, 1.82) is 0 Å². The molecule has 9 N–H and O–H groups in total. The fourth-order valence-corrected chi connectivity index (χ4v) is 7.83. The van der Waals surface area contributed by atoms with Crippen LogP contribution in [0.1, 0.15) is 5.56 Å². The molecule has 0 aliphatic carbocycles. The van der Waals surface area contributed by atoms with Crippen LogP contribution >= 0.6 is 0 Å². The van der Waals surface area contributed by atoms with Gasteiger partial charge in [0.2, 0.25) is 17.1 Å². The number of nitro benzene ring substituents is 2. The first-order valence-electron chi connectivity index (χ1n) is 19.8. The first-order chi connectivity index (χ1) is 33.3. The third kappa shape index (κ3) is 12.4. The number of hydrogen-bond acceptors (Lipinski definition) is 16. The van der Waals surface area contributed by atoms with Gasteiger partial charge in [-0.05, 0) is 58.1 Å². The molecule has 8 aromatic carbocycles. The van der Waals surface area contributed by atoms with Crippen LogP contribution in [0.5, 0.6) is 23.0 Å². The Balaban J connectivity index is 0.000000235. The number of hydrogen-bond donors (Lipinski definition) is 9. The summed E-state index contributed by atoms with van der Waals surface area (Å²) in [4.78, 5) is 21.4. The fraction of sp³-hybridized carbons (Fsp3) is 0. The summed E-state index contributed by atoms with van der Waals surface area (Å²) in [6, 6.07) is 36.5. The molecular weight excluding hydrogens is 1010 g/mol. The van der Waals surface area contributed by atoms with Crippen molar-refractivity contribution in [3.63, 3.8) is 0 Å². The van der Waals surface area contributed by atoms with Gasteiger partial charge < -0.3 is 20.4 Å². The van der Waals surface area contributed by atoms with E-state index in [9.17, 15) is 66.6 Å². The van der Waals surface area contributed by atoms with Crippen LogP contribution in [0.4, 0.5) is 51.2 Å². The zero-order chi connectivity index (χ0) is 50.3. The number of phenolic OH excluding ortho intramolecular Hbond substituents is 4. The Bertz CT molecular complexity index is 3730. The van der Waals surface area contributed by atoms with E-state index in [1.807, 2.05) is 30.3 Å². The van der Waals surface area contributed by atoms with E-state index in [2.05, 4.69) is 35.7 Å². The first kappa shape index (κ1) is 51.5. The van der Waals surface area contributed by atoms with Crippen LogP contribution in [0.15, 0.2) is 176 Å². The van der Waals surface area contributed by atoms with E-state index in [0.29, 0.717) is 22.8 Å². The molecule has 26 heteroatoms. The van der Waals surface area contributed by atoms with Gasteiger partial charge in [0, 0.05) is 82.1 Å². The van der Waals surface area contributed by atoms with Gasteiger partial charge in [0.15, 0.2) is 6.21 Å². The molecule has 0 aliphatic rings. The van der Waals surface area contributed by atoms with Crippen molar-refractivity contribution < 1.29 is 88.8 Å². The van der Waals surface area contributed by atoms with Crippen LogP contribution in [0.2, 0.25) is 0 Å². The number of phenols is 4. The molecule has 71 heavy (non-hydrogen) atoms. The third-order valence-electron chi connectivity index (χ3n) is 9.86. The van der Waals surface area contributed by atoms with E-state index >= 15 is 0 Å². The van der Waals surface area contributed by atoms with Crippen molar-refractivity contribution in [2.24, 2.45) is 20.5 Å². The average molecular weight is 1040 g/mol. The van der Waals surface area contributed by atoms with Crippen molar-refractivity contribution in [2.45, 2.75) is 9.79 Å². The number of para-hydroxylation sites is 1. The molecule has 0 saturated carbocycles. The van der Waals surface area contributed by atoms with Gasteiger partial charge >= 0.3 is 0 Å². The minimum atomic E-state index is -4.95. The standard InChI is InChI=1S/C25H18N6O7S.C20H13N3O7S.Cr/c32-23-11-10-20(30-29-19-8-6-18(7-9-19)28-27-17-4-2-1-3-5-17)12-16(23)15-26-22-13-21(31(34)35)14-24(25(22)33)39(36,37)38;24-16-8-5-11-3-1-2-4-13(11)19(16)21-22-20-14-7-6-12(23(26)27)9-15(14)18(10-17(20)25)31(28,29)30;/h1-15,32-33H,(H,36,37,38);1-10,24-25H,(H,28,29,30);/p+3. The predicted molar refractivity (Wildman–Crippen MR) is 249 cm³/mol. The maximum atomic E-state index is 11.7. The summed E-state index contributed by atoms with van der Waals surface area (Å²) in [6.45, 7) is 0. The maximum absolute atomic E-state index is 11.7. The van der Waals surface area contributed by atoms with Gasteiger partial charge in [-0.25, -0.2) is 4.99 Å². The molecule has 0 unspecified atom stereocenters. The SMILES string of the molecule is O=[N+]([O-])c1cc([NH+]=Cc2cc(N=[NH+]c3ccc([NH+]=Nc4ccccc4)cc3)ccc2O)c(O)c(S(=O)(=O)O)c1.O=[N+]([O-])c1ccc2c(N=Nc3c(O)ccc4ccccc34)c(O)cc(S(=O)(=O)O)c2c1.[Cr]. The van der Waals surface area contributed by atoms with Gasteiger partial charge in [0.25, 0.3) is 37.3 Å². The van der Waals surface area contributed by atoms with E-state index in [-0.39, 0.29) is 62.3 Å². The number of aromatic hydroxyl groups is 4. The van der Waals surface area contributed by atoms with Gasteiger partial charge in [-0.15, -0.1) is 10.2 Å². The summed E-state index contributed by atoms with van der Waals surface area (Å²) in [5.74, 6) is -1.93. The molecule has 0 radical (unpaired) electrons. The van der Waals surface area contributed by atoms with Crippen molar-refractivity contribution in [2.75, 3.05) is 0 Å². The monoisotopic (exact) mass is 1040 g/mol. The van der Waals surface area contributed by atoms with E-state index in [1.165, 1.54) is 36.5 Å². The number of nitrogens with zero attached hydrogens (tertiary/aromatic N) is 6. The molecule has 0 aliphatic heterocycles. The molecule has 0 spiro atoms. The van der Waals surface area contributed by atoms with E-state index in [0.717, 1.165) is 41.0 Å². The van der Waals surface area contributed by atoms with Gasteiger partial charge in [-0.3, -0.25) is 29.3 Å². The average Bonchev–Trinajstić information content (AvgIpc) is 3.33. The Labute approximate surface area is 410 Å². The predicted octanol–water partition coefficient (Wildman–Crippen LogP) is 6.05. The smallest absolute Gasteiger partial charge is 0.298 e. The van der Waals surface area contributed by atoms with Crippen LogP contribution in [0, 0.1) is 20.2 Å². The Morgan fingerprint density at radius 2 is 1.10 bits per heavy atom. The summed E-state index contributed by atoms with van der Waals surface area (Å²) in [5.41, 5.74) is 1.20. The molecular formula is C45H34CrN9O14S2+3. The maximum Gasteiger partial charge on any atom is 0.298 e. The minimum Gasteiger partial charge on any atom is -0.507 e. The van der Waals surface area contributed by atoms with Crippen LogP contribution in [-0.2, 0) is 37.6 Å². The molecule has 0 fully saturated rings. The second-order valence-electron chi connectivity index (χ2n) is 14.5. The number of nitrogens with one attached hydrogen (secondary N) is 3. The van der Waals surface area contributed by atoms with Crippen molar-refractivity contribution in [3.05, 3.63) is 171 Å². The van der Waals surface area contributed by atoms with E-state index < -0.39 is 62.7 Å². The molecule has 0 saturated heterocycles. The topological polar surface area (TPSA) is 367 Å². The Kier molecular flexibility index (Phi) is 15.7. The second-order valence-corrected chi connectivity index (χ2v) is 17.3. The van der Waals surface area contributed by atoms with Gasteiger partial charge in [0.1, 0.15) is 49.8 Å². The zero-order valence-corrected chi connectivity index (χ0v) is 38.7. The van der Waals surface area contributed by atoms with Crippen LogP contribution < -0.4 is 15.2 Å². The molecule has 0 heterocycles. The summed E-state index contributed by atoms with van der Waals surface area (Å²) in [6.07, 6.45) is 1.18. The molecule has 0 amide bonds. The summed E-state index contributed by atoms with van der Waals surface area (Å²) < 4.78 is 65.3. The van der Waals surface area contributed by atoms with E-state index in [1.54, 1.807) is 54.6 Å². The summed E-state index contributed by atoms with van der Waals surface area (Å²) in [5, 5.41) is 86.8. The molecule has 0 atom stereocenters. The quantitative estimate of drug-likeness (QED) is 0.0168. The Hall–Kier alpha value is -8.90. The van der Waals surface area contributed by atoms with Crippen molar-refractivity contribution >= 4 is 99.2 Å². The second kappa shape index (κ2) is 21.6. The molecule has 358 valence electrons. The Morgan fingerprint density at radius 3 is 1.72 bits per heavy atom. The minimum absolute atomic E-state index is 0. The number of benzene rings is 8. The first-order valence-corrected chi connectivity index (χ1v) is 22.7. The number of nitro groups is 2. The molecule has 8 aromatic rings. The molecule has 0 aromatic heterocycles. The zero-order valence-electron chi connectivity index (χ0n) is 35.8. The largest absolute Gasteiger partial charge is 0.507 e. The molecule has 8 rings (SSSR count). The van der Waals surface area contributed by atoms with Crippen LogP contribution in [-0.4, -0.2) is 62.4 Å². The molecule has 23 nitrogen and oxygen atoms in total. The van der Waals surface area contributed by atoms with Crippen LogP contribution in [0.3, 0.4) is 0 Å². The summed E-state index contributed by atoms with van der Waals surface area (Å²) >= 11 is 0. The van der Waals surface area contributed by atoms with Gasteiger partial charge in [0.05, 0.1) is 21.5 Å². The number of rotatable bonds is 12. The van der Waals surface area contributed by atoms with Gasteiger partial charge in [-0.1, -0.05) is 58.8 Å².